The molecule has 0 aliphatic carbocycles. The van der Waals surface area contributed by atoms with Gasteiger partial charge in [-0.25, -0.2) is 0 Å². The average Bonchev–Trinajstić information content (AvgIpc) is 3.76. The van der Waals surface area contributed by atoms with Crippen molar-refractivity contribution in [3.63, 3.8) is 0 Å². The first kappa shape index (κ1) is 28.3. The summed E-state index contributed by atoms with van der Waals surface area (Å²) >= 11 is 0. The molecule has 0 unspecified atom stereocenters. The van der Waals surface area contributed by atoms with Gasteiger partial charge in [0.15, 0.2) is 0 Å². The molecule has 10 rings (SSSR count). The van der Waals surface area contributed by atoms with Crippen LogP contribution in [0.25, 0.3) is 99.5 Å². The predicted octanol–water partition coefficient (Wildman–Crippen LogP) is 13.2. The molecule has 0 saturated carbocycles. The van der Waals surface area contributed by atoms with Gasteiger partial charge in [-0.15, -0.1) is 0 Å². The fourth-order valence-corrected chi connectivity index (χ4v) is 7.22. The summed E-state index contributed by atoms with van der Waals surface area (Å²) in [7, 11) is 0. The predicted molar refractivity (Wildman–Crippen MR) is 206 cm³/mol. The first-order valence-corrected chi connectivity index (χ1v) is 16.8. The van der Waals surface area contributed by atoms with Crippen molar-refractivity contribution in [2.24, 2.45) is 0 Å². The molecule has 7 aromatic carbocycles. The highest BCUT2D eigenvalue weighted by Gasteiger charge is 2.12. The fourth-order valence-electron chi connectivity index (χ4n) is 7.22. The maximum absolute atomic E-state index is 6.07. The van der Waals surface area contributed by atoms with Crippen LogP contribution in [0.4, 0.5) is 0 Å². The summed E-state index contributed by atoms with van der Waals surface area (Å²) in [6.07, 6.45) is 3.64. The Morgan fingerprint density at radius 2 is 0.660 bits per heavy atom. The number of para-hydroxylation sites is 1. The molecule has 0 aliphatic heterocycles. The summed E-state index contributed by atoms with van der Waals surface area (Å²) in [5.41, 5.74) is 15.3. The Morgan fingerprint density at radius 1 is 0.280 bits per heavy atom. The molecule has 0 saturated heterocycles. The minimum atomic E-state index is 0.857. The standard InChI is InChI=1S/C47H29NO2/c1-2-16-44-40(15-1)41-27-38(17-19-45(41)49-44)36-13-5-11-34(25-36)32-9-3-7-30(23-32)31-8-4-10-33(24-31)35-12-6-14-37(26-35)39-18-20-46-42(28-39)43-29-48-22-21-47(43)50-46/h1-29H. The van der Waals surface area contributed by atoms with Gasteiger partial charge in [-0.05, 0) is 116 Å². The number of fused-ring (bicyclic) bond motifs is 6. The summed E-state index contributed by atoms with van der Waals surface area (Å²) in [4.78, 5) is 4.32. The van der Waals surface area contributed by atoms with E-state index in [1.807, 2.05) is 24.4 Å². The zero-order valence-electron chi connectivity index (χ0n) is 27.0. The molecule has 3 nitrogen and oxygen atoms in total. The number of benzene rings is 7. The van der Waals surface area contributed by atoms with Crippen molar-refractivity contribution in [3.05, 3.63) is 176 Å². The van der Waals surface area contributed by atoms with E-state index in [9.17, 15) is 0 Å². The van der Waals surface area contributed by atoms with Gasteiger partial charge in [0.25, 0.3) is 0 Å². The van der Waals surface area contributed by atoms with Gasteiger partial charge < -0.3 is 8.83 Å². The number of rotatable bonds is 5. The molecule has 0 amide bonds. The van der Waals surface area contributed by atoms with Crippen molar-refractivity contribution in [2.45, 2.75) is 0 Å². The van der Waals surface area contributed by atoms with E-state index in [4.69, 9.17) is 8.83 Å². The molecule has 3 heterocycles. The van der Waals surface area contributed by atoms with Crippen LogP contribution >= 0.6 is 0 Å². The highest BCUT2D eigenvalue weighted by Crippen LogP contribution is 2.37. The van der Waals surface area contributed by atoms with Crippen molar-refractivity contribution in [1.82, 2.24) is 4.98 Å². The third-order valence-electron chi connectivity index (χ3n) is 9.76. The van der Waals surface area contributed by atoms with Crippen molar-refractivity contribution in [2.75, 3.05) is 0 Å². The normalized spacial score (nSPS) is 11.6. The van der Waals surface area contributed by atoms with E-state index in [1.54, 1.807) is 6.20 Å². The topological polar surface area (TPSA) is 39.2 Å². The second kappa shape index (κ2) is 11.5. The Labute approximate surface area is 288 Å². The van der Waals surface area contributed by atoms with E-state index in [2.05, 4.69) is 151 Å². The van der Waals surface area contributed by atoms with E-state index in [1.165, 1.54) is 44.5 Å². The number of aromatic nitrogens is 1. The second-order valence-corrected chi connectivity index (χ2v) is 12.8. The maximum atomic E-state index is 6.07. The SMILES string of the molecule is c1cc(-c2cccc(-c3cccc(-c4ccc5oc6ccncc6c5c4)c3)c2)cc(-c2cccc(-c3ccc4oc5ccccc5c4c3)c2)c1. The Kier molecular flexibility index (Phi) is 6.49. The average molecular weight is 640 g/mol. The van der Waals surface area contributed by atoms with E-state index < -0.39 is 0 Å². The summed E-state index contributed by atoms with van der Waals surface area (Å²) < 4.78 is 12.1. The second-order valence-electron chi connectivity index (χ2n) is 12.8. The largest absolute Gasteiger partial charge is 0.456 e. The molecular weight excluding hydrogens is 611 g/mol. The van der Waals surface area contributed by atoms with E-state index in [0.29, 0.717) is 0 Å². The van der Waals surface area contributed by atoms with E-state index >= 15 is 0 Å². The lowest BCUT2D eigenvalue weighted by Gasteiger charge is -2.11. The molecule has 0 fully saturated rings. The van der Waals surface area contributed by atoms with Crippen molar-refractivity contribution in [1.29, 1.82) is 0 Å². The molecule has 234 valence electrons. The molecular formula is C47H29NO2. The van der Waals surface area contributed by atoms with Crippen molar-refractivity contribution in [3.8, 4) is 55.6 Å². The van der Waals surface area contributed by atoms with Gasteiger partial charge in [0.05, 0.1) is 0 Å². The maximum Gasteiger partial charge on any atom is 0.138 e. The molecule has 0 N–H and O–H groups in total. The Hall–Kier alpha value is -6.71. The monoisotopic (exact) mass is 639 g/mol. The molecule has 0 radical (unpaired) electrons. The van der Waals surface area contributed by atoms with Crippen molar-refractivity contribution < 1.29 is 8.83 Å². The molecule has 50 heavy (non-hydrogen) atoms. The lowest BCUT2D eigenvalue weighted by atomic mass is 9.94. The third kappa shape index (κ3) is 4.87. The van der Waals surface area contributed by atoms with Crippen LogP contribution in [-0.4, -0.2) is 4.98 Å². The Morgan fingerprint density at radius 3 is 1.14 bits per heavy atom. The number of hydrogen-bond acceptors (Lipinski definition) is 3. The quantitative estimate of drug-likeness (QED) is 0.188. The zero-order valence-corrected chi connectivity index (χ0v) is 27.0. The number of pyridine rings is 1. The fraction of sp³-hybridized carbons (Fsp3) is 0. The van der Waals surface area contributed by atoms with Crippen LogP contribution in [-0.2, 0) is 0 Å². The van der Waals surface area contributed by atoms with Gasteiger partial charge >= 0.3 is 0 Å². The summed E-state index contributed by atoms with van der Waals surface area (Å²) in [5.74, 6) is 0. The van der Waals surface area contributed by atoms with Crippen LogP contribution < -0.4 is 0 Å². The minimum absolute atomic E-state index is 0.857. The Balaban J connectivity index is 0.968. The van der Waals surface area contributed by atoms with Gasteiger partial charge in [-0.3, -0.25) is 4.98 Å². The van der Waals surface area contributed by atoms with Gasteiger partial charge in [-0.1, -0.05) is 103 Å². The number of hydrogen-bond donors (Lipinski definition) is 0. The number of furan rings is 2. The summed E-state index contributed by atoms with van der Waals surface area (Å²) in [5, 5.41) is 4.40. The van der Waals surface area contributed by atoms with Crippen LogP contribution in [0.3, 0.4) is 0 Å². The first-order chi connectivity index (χ1) is 24.7. The third-order valence-corrected chi connectivity index (χ3v) is 9.76. The summed E-state index contributed by atoms with van der Waals surface area (Å²) in [6.45, 7) is 0. The lowest BCUT2D eigenvalue weighted by Crippen LogP contribution is -1.85. The highest BCUT2D eigenvalue weighted by molar-refractivity contribution is 6.07. The van der Waals surface area contributed by atoms with Gasteiger partial charge in [0.2, 0.25) is 0 Å². The molecule has 3 aromatic heterocycles. The van der Waals surface area contributed by atoms with E-state index in [-0.39, 0.29) is 0 Å². The molecule has 0 bridgehead atoms. The smallest absolute Gasteiger partial charge is 0.138 e. The van der Waals surface area contributed by atoms with Crippen molar-refractivity contribution >= 4 is 43.9 Å². The van der Waals surface area contributed by atoms with Gasteiger partial charge in [0, 0.05) is 33.9 Å². The first-order valence-electron chi connectivity index (χ1n) is 16.8. The van der Waals surface area contributed by atoms with Crippen LogP contribution in [0.2, 0.25) is 0 Å². The van der Waals surface area contributed by atoms with Gasteiger partial charge in [-0.2, -0.15) is 0 Å². The lowest BCUT2D eigenvalue weighted by molar-refractivity contribution is 0.668. The molecule has 10 aromatic rings. The minimum Gasteiger partial charge on any atom is -0.456 e. The molecule has 0 spiro atoms. The summed E-state index contributed by atoms with van der Waals surface area (Å²) in [6, 6.07) is 58.2. The molecule has 3 heteroatoms. The van der Waals surface area contributed by atoms with Crippen LogP contribution in [0.15, 0.2) is 185 Å². The zero-order chi connectivity index (χ0) is 33.0. The van der Waals surface area contributed by atoms with Gasteiger partial charge in [0.1, 0.15) is 22.3 Å². The van der Waals surface area contributed by atoms with Crippen LogP contribution in [0.1, 0.15) is 0 Å². The Bertz CT molecular complexity index is 2690. The highest BCUT2D eigenvalue weighted by atomic mass is 16.3. The molecule has 0 atom stereocenters. The van der Waals surface area contributed by atoms with Crippen LogP contribution in [0.5, 0.6) is 0 Å². The van der Waals surface area contributed by atoms with E-state index in [0.717, 1.165) is 55.0 Å². The van der Waals surface area contributed by atoms with Crippen LogP contribution in [0, 0.1) is 0 Å². The number of nitrogens with zero attached hydrogens (tertiary/aromatic N) is 1. The molecule has 0 aliphatic rings.